The average Bonchev–Trinajstić information content (AvgIpc) is 1.89. The van der Waals surface area contributed by atoms with Crippen molar-refractivity contribution < 1.29 is 14.1 Å². The highest BCUT2D eigenvalue weighted by Gasteiger charge is 2.30. The molecule has 2 N–H and O–H groups in total. The largest absolute Gasteiger partial charge is 0.464 e. The molecule has 5 heteroatoms. The Bertz CT molecular complexity index is 146. The normalized spacial score (nSPS) is 16.3. The zero-order chi connectivity index (χ0) is 8.20. The number of carbonyl (C=O) groups is 1. The number of carbonyl (C=O) groups excluding carboxylic acids is 1. The van der Waals surface area contributed by atoms with Gasteiger partial charge in [-0.25, -0.2) is 4.79 Å². The molecule has 0 aromatic rings. The van der Waals surface area contributed by atoms with Gasteiger partial charge in [0.15, 0.2) is 13.7 Å². The fraction of sp³-hybridized carbons (Fsp3) is 0.800. The molecule has 0 radical (unpaired) electrons. The van der Waals surface area contributed by atoms with Gasteiger partial charge in [0.05, 0.1) is 6.61 Å². The van der Waals surface area contributed by atoms with Gasteiger partial charge >= 0.3 is 5.97 Å². The second-order valence-corrected chi connectivity index (χ2v) is 3.07. The first-order chi connectivity index (χ1) is 4.54. The summed E-state index contributed by atoms with van der Waals surface area (Å²) in [6, 6.07) is 0. The monoisotopic (exact) mass is 163 g/mol. The minimum absolute atomic E-state index is 0.251. The van der Waals surface area contributed by atoms with Gasteiger partial charge in [0.2, 0.25) is 0 Å². The molecule has 0 heterocycles. The third-order valence-corrected chi connectivity index (χ3v) is 1.44. The molecule has 0 aliphatic carbocycles. The van der Waals surface area contributed by atoms with Gasteiger partial charge in [-0.15, -0.1) is 0 Å². The van der Waals surface area contributed by atoms with Crippen LogP contribution in [0.4, 0.5) is 0 Å². The third kappa shape index (κ3) is 2.42. The van der Waals surface area contributed by atoms with Crippen LogP contribution in [0, 0.1) is 0 Å². The zero-order valence-corrected chi connectivity index (χ0v) is 6.85. The van der Waals surface area contributed by atoms with Crippen LogP contribution in [0.2, 0.25) is 0 Å². The van der Waals surface area contributed by atoms with Crippen molar-refractivity contribution >= 4 is 14.4 Å². The van der Waals surface area contributed by atoms with Gasteiger partial charge in [-0.05, 0) is 13.8 Å². The maximum Gasteiger partial charge on any atom is 0.337 e. The van der Waals surface area contributed by atoms with Gasteiger partial charge in [0.1, 0.15) is 0 Å². The third-order valence-electron chi connectivity index (χ3n) is 0.878. The summed E-state index contributed by atoms with van der Waals surface area (Å²) in [5.74, 6) is -0.647. The number of esters is 1. The first-order valence-electron chi connectivity index (χ1n) is 2.85. The standard InChI is InChI=1S/C5H10NO3P/c1-3-9-4(7)5(2,6)10-8/h3,6H2,1-2H3. The van der Waals surface area contributed by atoms with Crippen LogP contribution < -0.4 is 5.73 Å². The predicted octanol–water partition coefficient (Wildman–Crippen LogP) is 0.516. The molecule has 0 saturated carbocycles. The number of ether oxygens (including phenoxy) is 1. The van der Waals surface area contributed by atoms with Crippen LogP contribution in [-0.4, -0.2) is 17.9 Å². The highest BCUT2D eigenvalue weighted by atomic mass is 31.1. The summed E-state index contributed by atoms with van der Waals surface area (Å²) < 4.78 is 14.7. The van der Waals surface area contributed by atoms with Crippen LogP contribution in [0.5, 0.6) is 0 Å². The minimum Gasteiger partial charge on any atom is -0.464 e. The minimum atomic E-state index is -1.39. The fourth-order valence-electron chi connectivity index (χ4n) is 0.314. The number of hydrogen-bond acceptors (Lipinski definition) is 4. The van der Waals surface area contributed by atoms with Crippen molar-refractivity contribution in [3.05, 3.63) is 0 Å². The Morgan fingerprint density at radius 1 is 1.80 bits per heavy atom. The van der Waals surface area contributed by atoms with Crippen molar-refractivity contribution in [1.82, 2.24) is 0 Å². The summed E-state index contributed by atoms with van der Waals surface area (Å²) in [7, 11) is -0.422. The number of hydrogen-bond donors (Lipinski definition) is 1. The molecule has 0 aromatic carbocycles. The van der Waals surface area contributed by atoms with Crippen LogP contribution in [0.25, 0.3) is 0 Å². The summed E-state index contributed by atoms with van der Waals surface area (Å²) in [4.78, 5) is 10.7. The molecule has 0 aliphatic rings. The lowest BCUT2D eigenvalue weighted by atomic mass is 10.4. The van der Waals surface area contributed by atoms with Crippen LogP contribution in [0.1, 0.15) is 13.8 Å². The van der Waals surface area contributed by atoms with Gasteiger partial charge in [0, 0.05) is 0 Å². The lowest BCUT2D eigenvalue weighted by Crippen LogP contribution is -2.40. The van der Waals surface area contributed by atoms with Crippen molar-refractivity contribution in [3.63, 3.8) is 0 Å². The van der Waals surface area contributed by atoms with Crippen LogP contribution in [-0.2, 0) is 14.1 Å². The molecule has 0 rings (SSSR count). The molecule has 10 heavy (non-hydrogen) atoms. The van der Waals surface area contributed by atoms with E-state index in [1.807, 2.05) is 0 Å². The molecule has 0 bridgehead atoms. The average molecular weight is 163 g/mol. The van der Waals surface area contributed by atoms with E-state index in [4.69, 9.17) is 5.73 Å². The Kier molecular flexibility index (Phi) is 3.47. The second-order valence-electron chi connectivity index (χ2n) is 1.96. The number of nitrogens with two attached hydrogens (primary N) is 1. The molecule has 0 saturated heterocycles. The predicted molar refractivity (Wildman–Crippen MR) is 36.8 cm³/mol. The van der Waals surface area contributed by atoms with E-state index in [2.05, 4.69) is 4.74 Å². The smallest absolute Gasteiger partial charge is 0.337 e. The number of rotatable bonds is 3. The Labute approximate surface area is 60.9 Å². The van der Waals surface area contributed by atoms with Gasteiger partial charge < -0.3 is 10.5 Å². The van der Waals surface area contributed by atoms with E-state index >= 15 is 0 Å². The molecule has 0 fully saturated rings. The fourth-order valence-corrected chi connectivity index (χ4v) is 0.454. The molecule has 0 spiro atoms. The molecular weight excluding hydrogens is 153 g/mol. The quantitative estimate of drug-likeness (QED) is 0.486. The van der Waals surface area contributed by atoms with Crippen LogP contribution >= 0.6 is 8.46 Å². The molecule has 58 valence electrons. The molecule has 1 atom stereocenters. The maximum atomic E-state index is 10.7. The van der Waals surface area contributed by atoms with E-state index in [9.17, 15) is 9.36 Å². The summed E-state index contributed by atoms with van der Waals surface area (Å²) >= 11 is 0. The first kappa shape index (κ1) is 9.53. The SMILES string of the molecule is CCOC(=O)C(C)(N)P=O. The van der Waals surface area contributed by atoms with E-state index in [-0.39, 0.29) is 6.61 Å². The van der Waals surface area contributed by atoms with Gasteiger partial charge in [-0.2, -0.15) is 0 Å². The van der Waals surface area contributed by atoms with Crippen LogP contribution in [0.15, 0.2) is 0 Å². The Morgan fingerprint density at radius 2 is 2.30 bits per heavy atom. The van der Waals surface area contributed by atoms with Crippen molar-refractivity contribution in [1.29, 1.82) is 0 Å². The molecule has 0 amide bonds. The van der Waals surface area contributed by atoms with E-state index in [0.717, 1.165) is 0 Å². The second kappa shape index (κ2) is 3.64. The van der Waals surface area contributed by atoms with Gasteiger partial charge in [-0.3, -0.25) is 4.57 Å². The van der Waals surface area contributed by atoms with Gasteiger partial charge in [0.25, 0.3) is 0 Å². The summed E-state index contributed by atoms with van der Waals surface area (Å²) in [5, 5.41) is -1.39. The Balaban J connectivity index is 4.04. The maximum absolute atomic E-state index is 10.7. The molecule has 0 aromatic heterocycles. The lowest BCUT2D eigenvalue weighted by molar-refractivity contribution is -0.145. The summed E-state index contributed by atoms with van der Waals surface area (Å²) in [5.41, 5.74) is 5.25. The van der Waals surface area contributed by atoms with Gasteiger partial charge in [-0.1, -0.05) is 0 Å². The topological polar surface area (TPSA) is 69.4 Å². The zero-order valence-electron chi connectivity index (χ0n) is 5.96. The Hall–Kier alpha value is -0.470. The summed E-state index contributed by atoms with van der Waals surface area (Å²) in [6.45, 7) is 3.26. The summed E-state index contributed by atoms with van der Waals surface area (Å²) in [6.07, 6.45) is 0. The molecular formula is C5H10NO3P. The lowest BCUT2D eigenvalue weighted by Gasteiger charge is -2.12. The van der Waals surface area contributed by atoms with Crippen molar-refractivity contribution in [3.8, 4) is 0 Å². The van der Waals surface area contributed by atoms with E-state index < -0.39 is 19.7 Å². The van der Waals surface area contributed by atoms with Crippen molar-refractivity contribution in [2.24, 2.45) is 5.73 Å². The van der Waals surface area contributed by atoms with E-state index in [1.54, 1.807) is 6.92 Å². The molecule has 1 unspecified atom stereocenters. The molecule has 4 nitrogen and oxygen atoms in total. The Morgan fingerprint density at radius 3 is 2.60 bits per heavy atom. The molecule has 0 aliphatic heterocycles. The van der Waals surface area contributed by atoms with E-state index in [1.165, 1.54) is 6.92 Å². The van der Waals surface area contributed by atoms with Crippen molar-refractivity contribution in [2.75, 3.05) is 6.61 Å². The first-order valence-corrected chi connectivity index (χ1v) is 3.66. The van der Waals surface area contributed by atoms with E-state index in [0.29, 0.717) is 0 Å². The van der Waals surface area contributed by atoms with Crippen LogP contribution in [0.3, 0.4) is 0 Å². The highest BCUT2D eigenvalue weighted by molar-refractivity contribution is 7.27. The highest BCUT2D eigenvalue weighted by Crippen LogP contribution is 2.16. The van der Waals surface area contributed by atoms with Crippen molar-refractivity contribution in [2.45, 2.75) is 19.1 Å².